The van der Waals surface area contributed by atoms with Crippen LogP contribution in [0.15, 0.2) is 30.3 Å². The first-order chi connectivity index (χ1) is 7.68. The molecule has 0 fully saturated rings. The van der Waals surface area contributed by atoms with Crippen LogP contribution in [0, 0.1) is 0 Å². The van der Waals surface area contributed by atoms with Crippen LogP contribution in [0.2, 0.25) is 0 Å². The lowest BCUT2D eigenvalue weighted by Crippen LogP contribution is -2.26. The molecule has 0 aliphatic carbocycles. The topological polar surface area (TPSA) is 38.3 Å². The van der Waals surface area contributed by atoms with Gasteiger partial charge in [-0.15, -0.1) is 0 Å². The molecule has 1 aromatic rings. The predicted molar refractivity (Wildman–Crippen MR) is 64.2 cm³/mol. The fourth-order valence-electron chi connectivity index (χ4n) is 1.25. The molecule has 1 N–H and O–H groups in total. The highest BCUT2D eigenvalue weighted by Gasteiger charge is 2.02. The van der Waals surface area contributed by atoms with Crippen LogP contribution in [-0.2, 0) is 16.1 Å². The average molecular weight is 221 g/mol. The SMILES string of the molecule is CC(C)OCC(=O)CNCc1ccccc1. The summed E-state index contributed by atoms with van der Waals surface area (Å²) in [6.45, 7) is 5.12. The van der Waals surface area contributed by atoms with E-state index in [1.807, 2.05) is 44.2 Å². The number of hydrogen-bond acceptors (Lipinski definition) is 3. The van der Waals surface area contributed by atoms with Crippen LogP contribution in [0.3, 0.4) is 0 Å². The summed E-state index contributed by atoms with van der Waals surface area (Å²) in [5, 5.41) is 3.10. The highest BCUT2D eigenvalue weighted by molar-refractivity contribution is 5.81. The number of carbonyl (C=O) groups excluding carboxylic acids is 1. The smallest absolute Gasteiger partial charge is 0.172 e. The number of carbonyl (C=O) groups is 1. The number of benzene rings is 1. The van der Waals surface area contributed by atoms with E-state index in [0.29, 0.717) is 13.1 Å². The zero-order valence-corrected chi connectivity index (χ0v) is 9.90. The van der Waals surface area contributed by atoms with Crippen LogP contribution in [0.4, 0.5) is 0 Å². The number of nitrogens with one attached hydrogen (secondary N) is 1. The summed E-state index contributed by atoms with van der Waals surface area (Å²) in [5.74, 6) is 0.0876. The quantitative estimate of drug-likeness (QED) is 0.762. The minimum Gasteiger partial charge on any atom is -0.371 e. The Balaban J connectivity index is 2.13. The molecular formula is C13H19NO2. The molecule has 1 aromatic carbocycles. The van der Waals surface area contributed by atoms with Crippen LogP contribution in [0.5, 0.6) is 0 Å². The molecule has 0 radical (unpaired) electrons. The highest BCUT2D eigenvalue weighted by Crippen LogP contribution is 1.96. The van der Waals surface area contributed by atoms with Crippen molar-refractivity contribution in [1.82, 2.24) is 5.32 Å². The van der Waals surface area contributed by atoms with Crippen molar-refractivity contribution in [1.29, 1.82) is 0 Å². The Kier molecular flexibility index (Phi) is 5.75. The average Bonchev–Trinajstić information content (AvgIpc) is 2.28. The van der Waals surface area contributed by atoms with E-state index >= 15 is 0 Å². The third-order valence-electron chi connectivity index (χ3n) is 2.07. The van der Waals surface area contributed by atoms with Crippen molar-refractivity contribution >= 4 is 5.78 Å². The second-order valence-corrected chi connectivity index (χ2v) is 3.99. The molecule has 0 spiro atoms. The van der Waals surface area contributed by atoms with Crippen LogP contribution in [-0.4, -0.2) is 25.0 Å². The maximum atomic E-state index is 11.4. The van der Waals surface area contributed by atoms with Crippen LogP contribution < -0.4 is 5.32 Å². The first-order valence-electron chi connectivity index (χ1n) is 5.56. The Bertz CT molecular complexity index is 309. The molecule has 0 aromatic heterocycles. The molecule has 16 heavy (non-hydrogen) atoms. The van der Waals surface area contributed by atoms with Crippen molar-refractivity contribution < 1.29 is 9.53 Å². The van der Waals surface area contributed by atoms with E-state index in [1.165, 1.54) is 5.56 Å². The molecule has 3 heteroatoms. The van der Waals surface area contributed by atoms with Crippen LogP contribution in [0.1, 0.15) is 19.4 Å². The van der Waals surface area contributed by atoms with Crippen molar-refractivity contribution in [3.05, 3.63) is 35.9 Å². The second kappa shape index (κ2) is 7.14. The number of Topliss-reactive ketones (excluding diaryl/α,β-unsaturated/α-hetero) is 1. The minimum absolute atomic E-state index is 0.0876. The van der Waals surface area contributed by atoms with E-state index in [0.717, 1.165) is 0 Å². The minimum atomic E-state index is 0.0876. The fourth-order valence-corrected chi connectivity index (χ4v) is 1.25. The molecular weight excluding hydrogens is 202 g/mol. The van der Waals surface area contributed by atoms with E-state index < -0.39 is 0 Å². The van der Waals surface area contributed by atoms with Crippen molar-refractivity contribution in [2.75, 3.05) is 13.2 Å². The normalized spacial score (nSPS) is 10.7. The van der Waals surface area contributed by atoms with Gasteiger partial charge >= 0.3 is 0 Å². The van der Waals surface area contributed by atoms with Gasteiger partial charge in [0.15, 0.2) is 5.78 Å². The van der Waals surface area contributed by atoms with E-state index in [9.17, 15) is 4.79 Å². The number of rotatable bonds is 7. The first-order valence-corrected chi connectivity index (χ1v) is 5.56. The van der Waals surface area contributed by atoms with E-state index in [-0.39, 0.29) is 18.5 Å². The maximum Gasteiger partial charge on any atom is 0.172 e. The monoisotopic (exact) mass is 221 g/mol. The number of ether oxygens (including phenoxy) is 1. The molecule has 0 saturated heterocycles. The summed E-state index contributed by atoms with van der Waals surface area (Å²) in [5.41, 5.74) is 1.18. The molecule has 0 aliphatic rings. The Morgan fingerprint density at radius 3 is 2.62 bits per heavy atom. The van der Waals surface area contributed by atoms with Gasteiger partial charge in [0, 0.05) is 6.54 Å². The van der Waals surface area contributed by atoms with Gasteiger partial charge in [-0.05, 0) is 19.4 Å². The van der Waals surface area contributed by atoms with E-state index in [2.05, 4.69) is 5.32 Å². The number of ketones is 1. The van der Waals surface area contributed by atoms with Gasteiger partial charge in [0.25, 0.3) is 0 Å². The van der Waals surface area contributed by atoms with Crippen LogP contribution in [0.25, 0.3) is 0 Å². The van der Waals surface area contributed by atoms with Crippen molar-refractivity contribution in [3.8, 4) is 0 Å². The summed E-state index contributed by atoms with van der Waals surface area (Å²) in [6, 6.07) is 10.0. The second-order valence-electron chi connectivity index (χ2n) is 3.99. The Morgan fingerprint density at radius 1 is 1.31 bits per heavy atom. The molecule has 1 rings (SSSR count). The standard InChI is InChI=1S/C13H19NO2/c1-11(2)16-10-13(15)9-14-8-12-6-4-3-5-7-12/h3-7,11,14H,8-10H2,1-2H3. The Labute approximate surface area is 96.8 Å². The van der Waals surface area contributed by atoms with Crippen molar-refractivity contribution in [2.45, 2.75) is 26.5 Å². The Hall–Kier alpha value is -1.19. The van der Waals surface area contributed by atoms with Crippen LogP contribution >= 0.6 is 0 Å². The molecule has 0 atom stereocenters. The molecule has 0 aliphatic heterocycles. The van der Waals surface area contributed by atoms with Crippen molar-refractivity contribution in [3.63, 3.8) is 0 Å². The molecule has 0 bridgehead atoms. The molecule has 0 amide bonds. The lowest BCUT2D eigenvalue weighted by atomic mass is 10.2. The van der Waals surface area contributed by atoms with E-state index in [4.69, 9.17) is 4.74 Å². The Morgan fingerprint density at radius 2 is 2.00 bits per heavy atom. The first kappa shape index (κ1) is 12.9. The summed E-state index contributed by atoms with van der Waals surface area (Å²) < 4.78 is 5.22. The summed E-state index contributed by atoms with van der Waals surface area (Å²) in [6.07, 6.45) is 0.109. The largest absolute Gasteiger partial charge is 0.371 e. The predicted octanol–water partition coefficient (Wildman–Crippen LogP) is 1.77. The molecule has 0 heterocycles. The van der Waals surface area contributed by atoms with Gasteiger partial charge in [-0.25, -0.2) is 0 Å². The van der Waals surface area contributed by atoms with Crippen molar-refractivity contribution in [2.24, 2.45) is 0 Å². The van der Waals surface area contributed by atoms with Gasteiger partial charge in [-0.1, -0.05) is 30.3 Å². The lowest BCUT2D eigenvalue weighted by molar-refractivity contribution is -0.124. The summed E-state index contributed by atoms with van der Waals surface area (Å²) >= 11 is 0. The van der Waals surface area contributed by atoms with Gasteiger partial charge in [0.2, 0.25) is 0 Å². The van der Waals surface area contributed by atoms with Gasteiger partial charge in [0.1, 0.15) is 6.61 Å². The van der Waals surface area contributed by atoms with E-state index in [1.54, 1.807) is 0 Å². The highest BCUT2D eigenvalue weighted by atomic mass is 16.5. The molecule has 0 unspecified atom stereocenters. The van der Waals surface area contributed by atoms with Gasteiger partial charge in [-0.3, -0.25) is 4.79 Å². The maximum absolute atomic E-state index is 11.4. The molecule has 0 saturated carbocycles. The lowest BCUT2D eigenvalue weighted by Gasteiger charge is -2.07. The van der Waals surface area contributed by atoms with Gasteiger partial charge < -0.3 is 10.1 Å². The summed E-state index contributed by atoms with van der Waals surface area (Å²) in [4.78, 5) is 11.4. The van der Waals surface area contributed by atoms with Gasteiger partial charge in [0.05, 0.1) is 12.6 Å². The molecule has 3 nitrogen and oxygen atoms in total. The zero-order valence-electron chi connectivity index (χ0n) is 9.90. The molecule has 88 valence electrons. The fraction of sp³-hybridized carbons (Fsp3) is 0.462. The number of hydrogen-bond donors (Lipinski definition) is 1. The third-order valence-corrected chi connectivity index (χ3v) is 2.07. The van der Waals surface area contributed by atoms with Gasteiger partial charge in [-0.2, -0.15) is 0 Å². The third kappa shape index (κ3) is 5.63. The summed E-state index contributed by atoms with van der Waals surface area (Å²) in [7, 11) is 0. The zero-order chi connectivity index (χ0) is 11.8.